The molecule has 0 unspecified atom stereocenters. The topological polar surface area (TPSA) is 72.9 Å². The molecule has 94 valence electrons. The van der Waals surface area contributed by atoms with Crippen LogP contribution in [0.1, 0.15) is 41.9 Å². The number of hydrogen-bond acceptors (Lipinski definition) is 3. The maximum Gasteiger partial charge on any atom is 0.272 e. The first-order valence-electron chi connectivity index (χ1n) is 6.13. The lowest BCUT2D eigenvalue weighted by Crippen LogP contribution is -2.40. The van der Waals surface area contributed by atoms with Crippen LogP contribution in [0.15, 0.2) is 6.07 Å². The number of hydrogen-bond donors (Lipinski definition) is 2. The second kappa shape index (κ2) is 4.87. The quantitative estimate of drug-likeness (QED) is 0.795. The molecule has 1 amide bonds. The van der Waals surface area contributed by atoms with Crippen LogP contribution in [0.25, 0.3) is 0 Å². The number of carbonyl (C=O) groups is 1. The lowest BCUT2D eigenvalue weighted by molar-refractivity contribution is 0.0920. The van der Waals surface area contributed by atoms with Gasteiger partial charge in [-0.3, -0.25) is 9.48 Å². The van der Waals surface area contributed by atoms with Crippen LogP contribution in [0.3, 0.4) is 0 Å². The van der Waals surface area contributed by atoms with Gasteiger partial charge in [-0.15, -0.1) is 0 Å². The molecule has 5 nitrogen and oxygen atoms in total. The molecule has 1 aliphatic rings. The highest BCUT2D eigenvalue weighted by Crippen LogP contribution is 2.17. The number of aromatic nitrogens is 2. The summed E-state index contributed by atoms with van der Waals surface area (Å²) in [5, 5.41) is 7.20. The molecule has 0 saturated heterocycles. The Balaban J connectivity index is 1.93. The largest absolute Gasteiger partial charge is 0.348 e. The smallest absolute Gasteiger partial charge is 0.272 e. The fraction of sp³-hybridized carbons (Fsp3) is 0.667. The predicted octanol–water partition coefficient (Wildman–Crippen LogP) is 0.728. The average molecular weight is 236 g/mol. The second-order valence-corrected chi connectivity index (χ2v) is 4.88. The number of nitrogens with one attached hydrogen (secondary N) is 1. The molecule has 0 bridgehead atoms. The van der Waals surface area contributed by atoms with Crippen LogP contribution in [0.2, 0.25) is 0 Å². The third kappa shape index (κ3) is 2.85. The van der Waals surface area contributed by atoms with Gasteiger partial charge in [0.15, 0.2) is 0 Å². The van der Waals surface area contributed by atoms with Crippen LogP contribution < -0.4 is 11.1 Å². The summed E-state index contributed by atoms with van der Waals surface area (Å²) in [5.74, 6) is -0.0748. The fourth-order valence-corrected chi connectivity index (χ4v) is 2.19. The zero-order valence-electron chi connectivity index (χ0n) is 10.4. The molecule has 5 heteroatoms. The standard InChI is InChI=1S/C12H20N4O/c1-8-7-11(15-16(8)2)12(17)14-10-5-3-9(13)4-6-10/h7,9-10H,3-6,13H2,1-2H3,(H,14,17). The number of aryl methyl sites for hydroxylation is 2. The van der Waals surface area contributed by atoms with Gasteiger partial charge in [0.2, 0.25) is 0 Å². The molecule has 2 rings (SSSR count). The average Bonchev–Trinajstić information content (AvgIpc) is 2.63. The van der Waals surface area contributed by atoms with Crippen molar-refractivity contribution in [3.63, 3.8) is 0 Å². The Labute approximate surface area is 101 Å². The zero-order chi connectivity index (χ0) is 12.4. The van der Waals surface area contributed by atoms with Crippen molar-refractivity contribution in [3.05, 3.63) is 17.5 Å². The lowest BCUT2D eigenvalue weighted by atomic mass is 9.92. The zero-order valence-corrected chi connectivity index (χ0v) is 10.4. The molecular weight excluding hydrogens is 216 g/mol. The van der Waals surface area contributed by atoms with E-state index in [1.165, 1.54) is 0 Å². The summed E-state index contributed by atoms with van der Waals surface area (Å²) < 4.78 is 1.71. The Morgan fingerprint density at radius 1 is 1.47 bits per heavy atom. The van der Waals surface area contributed by atoms with Gasteiger partial charge in [0.25, 0.3) is 5.91 Å². The van der Waals surface area contributed by atoms with Gasteiger partial charge >= 0.3 is 0 Å². The molecular formula is C12H20N4O. The van der Waals surface area contributed by atoms with Crippen LogP contribution >= 0.6 is 0 Å². The van der Waals surface area contributed by atoms with Gasteiger partial charge in [0.1, 0.15) is 5.69 Å². The van der Waals surface area contributed by atoms with Gasteiger partial charge in [0, 0.05) is 24.8 Å². The summed E-state index contributed by atoms with van der Waals surface area (Å²) in [5.41, 5.74) is 7.32. The maximum atomic E-state index is 11.9. The number of rotatable bonds is 2. The molecule has 1 fully saturated rings. The van der Waals surface area contributed by atoms with Gasteiger partial charge in [-0.25, -0.2) is 0 Å². The summed E-state index contributed by atoms with van der Waals surface area (Å²) in [6, 6.07) is 2.37. The first-order chi connectivity index (χ1) is 8.06. The summed E-state index contributed by atoms with van der Waals surface area (Å²) >= 11 is 0. The molecule has 1 heterocycles. The predicted molar refractivity (Wildman–Crippen MR) is 65.6 cm³/mol. The van der Waals surface area contributed by atoms with Crippen LogP contribution in [0, 0.1) is 6.92 Å². The van der Waals surface area contributed by atoms with Crippen molar-refractivity contribution >= 4 is 5.91 Å². The van der Waals surface area contributed by atoms with Gasteiger partial charge in [-0.05, 0) is 38.7 Å². The molecule has 1 aromatic rings. The summed E-state index contributed by atoms with van der Waals surface area (Å²) in [4.78, 5) is 11.9. The highest BCUT2D eigenvalue weighted by atomic mass is 16.2. The van der Waals surface area contributed by atoms with Crippen molar-refractivity contribution in [1.29, 1.82) is 0 Å². The molecule has 1 saturated carbocycles. The fourth-order valence-electron chi connectivity index (χ4n) is 2.19. The molecule has 0 aromatic carbocycles. The van der Waals surface area contributed by atoms with E-state index in [0.29, 0.717) is 11.7 Å². The molecule has 0 radical (unpaired) electrons. The minimum Gasteiger partial charge on any atom is -0.348 e. The van der Waals surface area contributed by atoms with E-state index < -0.39 is 0 Å². The highest BCUT2D eigenvalue weighted by Gasteiger charge is 2.21. The van der Waals surface area contributed by atoms with Gasteiger partial charge < -0.3 is 11.1 Å². The summed E-state index contributed by atoms with van der Waals surface area (Å²) in [6.07, 6.45) is 3.93. The Morgan fingerprint density at radius 3 is 2.65 bits per heavy atom. The van der Waals surface area contributed by atoms with Crippen molar-refractivity contribution in [3.8, 4) is 0 Å². The summed E-state index contributed by atoms with van der Waals surface area (Å²) in [6.45, 7) is 1.93. The third-order valence-electron chi connectivity index (χ3n) is 3.45. The van der Waals surface area contributed by atoms with E-state index in [0.717, 1.165) is 31.4 Å². The first kappa shape index (κ1) is 12.1. The van der Waals surface area contributed by atoms with Crippen molar-refractivity contribution in [2.75, 3.05) is 0 Å². The van der Waals surface area contributed by atoms with E-state index in [2.05, 4.69) is 10.4 Å². The molecule has 0 spiro atoms. The molecule has 1 aromatic heterocycles. The molecule has 0 aliphatic heterocycles. The monoisotopic (exact) mass is 236 g/mol. The second-order valence-electron chi connectivity index (χ2n) is 4.88. The van der Waals surface area contributed by atoms with E-state index >= 15 is 0 Å². The first-order valence-corrected chi connectivity index (χ1v) is 6.13. The molecule has 1 aliphatic carbocycles. The van der Waals surface area contributed by atoms with Crippen LogP contribution in [0.5, 0.6) is 0 Å². The summed E-state index contributed by atoms with van der Waals surface area (Å²) in [7, 11) is 1.84. The number of nitrogens with zero attached hydrogens (tertiary/aromatic N) is 2. The van der Waals surface area contributed by atoms with E-state index in [1.807, 2.05) is 20.0 Å². The van der Waals surface area contributed by atoms with Crippen molar-refractivity contribution in [2.45, 2.75) is 44.7 Å². The highest BCUT2D eigenvalue weighted by molar-refractivity contribution is 5.92. The van der Waals surface area contributed by atoms with Gasteiger partial charge in [-0.2, -0.15) is 5.10 Å². The lowest BCUT2D eigenvalue weighted by Gasteiger charge is -2.26. The Hall–Kier alpha value is -1.36. The molecule has 0 atom stereocenters. The van der Waals surface area contributed by atoms with E-state index in [4.69, 9.17) is 5.73 Å². The number of carbonyl (C=O) groups excluding carboxylic acids is 1. The molecule has 3 N–H and O–H groups in total. The van der Waals surface area contributed by atoms with Gasteiger partial charge in [-0.1, -0.05) is 0 Å². The van der Waals surface area contributed by atoms with Crippen molar-refractivity contribution in [1.82, 2.24) is 15.1 Å². The minimum atomic E-state index is -0.0748. The SMILES string of the molecule is Cc1cc(C(=O)NC2CCC(N)CC2)nn1C. The third-order valence-corrected chi connectivity index (χ3v) is 3.45. The Kier molecular flexibility index (Phi) is 3.47. The number of amides is 1. The number of nitrogens with two attached hydrogens (primary N) is 1. The van der Waals surface area contributed by atoms with E-state index in [1.54, 1.807) is 4.68 Å². The normalized spacial score (nSPS) is 24.6. The van der Waals surface area contributed by atoms with E-state index in [-0.39, 0.29) is 11.9 Å². The van der Waals surface area contributed by atoms with Crippen LogP contribution in [0.4, 0.5) is 0 Å². The van der Waals surface area contributed by atoms with Crippen molar-refractivity contribution < 1.29 is 4.79 Å². The van der Waals surface area contributed by atoms with Crippen LogP contribution in [-0.2, 0) is 7.05 Å². The van der Waals surface area contributed by atoms with Crippen LogP contribution in [-0.4, -0.2) is 27.8 Å². The van der Waals surface area contributed by atoms with Gasteiger partial charge in [0.05, 0.1) is 0 Å². The van der Waals surface area contributed by atoms with Crippen molar-refractivity contribution in [2.24, 2.45) is 12.8 Å². The minimum absolute atomic E-state index is 0.0748. The maximum absolute atomic E-state index is 11.9. The van der Waals surface area contributed by atoms with E-state index in [9.17, 15) is 4.79 Å². The molecule has 17 heavy (non-hydrogen) atoms. The Morgan fingerprint density at radius 2 is 2.12 bits per heavy atom. The Bertz CT molecular complexity index is 385.